The molecule has 1 N–H and O–H groups in total. The molecule has 3 heteroatoms. The highest BCUT2D eigenvalue weighted by Crippen LogP contribution is 2.45. The summed E-state index contributed by atoms with van der Waals surface area (Å²) in [4.78, 5) is 0. The lowest BCUT2D eigenvalue weighted by Gasteiger charge is -2.23. The molecule has 0 aromatic heterocycles. The quantitative estimate of drug-likeness (QED) is 0.892. The van der Waals surface area contributed by atoms with Crippen molar-refractivity contribution in [3.8, 4) is 11.5 Å². The third kappa shape index (κ3) is 1.69. The molecule has 0 bridgehead atoms. The number of aliphatic hydroxyl groups is 1. The molecule has 2 aliphatic heterocycles. The number of aliphatic hydroxyl groups excluding tert-OH is 1. The molecule has 0 saturated carbocycles. The molecule has 1 unspecified atom stereocenters. The van der Waals surface area contributed by atoms with Crippen molar-refractivity contribution in [2.45, 2.75) is 32.6 Å². The molecule has 2 heterocycles. The Morgan fingerprint density at radius 1 is 1.22 bits per heavy atom. The zero-order chi connectivity index (χ0) is 12.7. The van der Waals surface area contributed by atoms with E-state index in [0.717, 1.165) is 37.6 Å². The lowest BCUT2D eigenvalue weighted by Crippen LogP contribution is -2.14. The van der Waals surface area contributed by atoms with Crippen molar-refractivity contribution in [1.82, 2.24) is 0 Å². The fourth-order valence-electron chi connectivity index (χ4n) is 3.05. The van der Waals surface area contributed by atoms with Gasteiger partial charge in [0.05, 0.1) is 19.8 Å². The monoisotopic (exact) mass is 248 g/mol. The fraction of sp³-hybridized carbons (Fsp3) is 0.600. The molecule has 0 aliphatic carbocycles. The van der Waals surface area contributed by atoms with E-state index in [1.54, 1.807) is 0 Å². The molecule has 1 aromatic rings. The van der Waals surface area contributed by atoms with Gasteiger partial charge in [0.1, 0.15) is 11.5 Å². The van der Waals surface area contributed by atoms with E-state index >= 15 is 0 Å². The van der Waals surface area contributed by atoms with Crippen molar-refractivity contribution in [3.63, 3.8) is 0 Å². The number of ether oxygens (including phenoxy) is 2. The second kappa shape index (κ2) is 4.47. The first-order chi connectivity index (χ1) is 8.72. The number of hydrogen-bond acceptors (Lipinski definition) is 3. The van der Waals surface area contributed by atoms with Crippen LogP contribution in [0.4, 0.5) is 0 Å². The van der Waals surface area contributed by atoms with Crippen LogP contribution in [0.3, 0.4) is 0 Å². The molecular weight excluding hydrogens is 228 g/mol. The molecular formula is C15H20O3. The van der Waals surface area contributed by atoms with Gasteiger partial charge in [0.25, 0.3) is 0 Å². The maximum absolute atomic E-state index is 9.72. The molecule has 0 fully saturated rings. The van der Waals surface area contributed by atoms with Crippen LogP contribution in [0.2, 0.25) is 0 Å². The Balaban J connectivity index is 2.17. The van der Waals surface area contributed by atoms with E-state index in [0.29, 0.717) is 5.92 Å². The van der Waals surface area contributed by atoms with Gasteiger partial charge < -0.3 is 14.6 Å². The van der Waals surface area contributed by atoms with Crippen molar-refractivity contribution >= 4 is 0 Å². The van der Waals surface area contributed by atoms with Gasteiger partial charge in [0.2, 0.25) is 0 Å². The van der Waals surface area contributed by atoms with Crippen molar-refractivity contribution in [2.75, 3.05) is 19.8 Å². The highest BCUT2D eigenvalue weighted by atomic mass is 16.5. The minimum absolute atomic E-state index is 0.147. The SMILES string of the molecule is CC(C)C(CO)c1c2c(cc3c1OCC3)OCC2. The Morgan fingerprint density at radius 3 is 2.72 bits per heavy atom. The van der Waals surface area contributed by atoms with Crippen LogP contribution in [0.1, 0.15) is 36.5 Å². The zero-order valence-corrected chi connectivity index (χ0v) is 11.0. The molecule has 3 rings (SSSR count). The summed E-state index contributed by atoms with van der Waals surface area (Å²) in [6.07, 6.45) is 1.89. The van der Waals surface area contributed by atoms with Gasteiger partial charge in [-0.3, -0.25) is 0 Å². The molecule has 3 nitrogen and oxygen atoms in total. The third-order valence-electron chi connectivity index (χ3n) is 4.06. The summed E-state index contributed by atoms with van der Waals surface area (Å²) < 4.78 is 11.5. The summed E-state index contributed by atoms with van der Waals surface area (Å²) in [6.45, 7) is 5.97. The summed E-state index contributed by atoms with van der Waals surface area (Å²) in [7, 11) is 0. The van der Waals surface area contributed by atoms with E-state index < -0.39 is 0 Å². The van der Waals surface area contributed by atoms with E-state index in [1.807, 2.05) is 0 Å². The van der Waals surface area contributed by atoms with Gasteiger partial charge in [-0.2, -0.15) is 0 Å². The first-order valence-electron chi connectivity index (χ1n) is 6.77. The second-order valence-corrected chi connectivity index (χ2v) is 5.49. The van der Waals surface area contributed by atoms with E-state index in [4.69, 9.17) is 9.47 Å². The van der Waals surface area contributed by atoms with E-state index in [-0.39, 0.29) is 12.5 Å². The summed E-state index contributed by atoms with van der Waals surface area (Å²) in [5.74, 6) is 2.57. The Hall–Kier alpha value is -1.22. The average molecular weight is 248 g/mol. The minimum atomic E-state index is 0.147. The molecule has 2 aliphatic rings. The minimum Gasteiger partial charge on any atom is -0.493 e. The van der Waals surface area contributed by atoms with Crippen LogP contribution in [0.15, 0.2) is 6.07 Å². The van der Waals surface area contributed by atoms with Crippen LogP contribution >= 0.6 is 0 Å². The van der Waals surface area contributed by atoms with Gasteiger partial charge in [-0.1, -0.05) is 13.8 Å². The van der Waals surface area contributed by atoms with Crippen molar-refractivity contribution < 1.29 is 14.6 Å². The normalized spacial score (nSPS) is 18.2. The zero-order valence-electron chi connectivity index (χ0n) is 11.0. The Labute approximate surface area is 108 Å². The summed E-state index contributed by atoms with van der Waals surface area (Å²) in [5.41, 5.74) is 3.70. The van der Waals surface area contributed by atoms with E-state index in [2.05, 4.69) is 19.9 Å². The number of fused-ring (bicyclic) bond motifs is 2. The molecule has 0 spiro atoms. The average Bonchev–Trinajstić information content (AvgIpc) is 2.95. The van der Waals surface area contributed by atoms with Crippen LogP contribution < -0.4 is 9.47 Å². The maximum Gasteiger partial charge on any atom is 0.126 e. The molecule has 18 heavy (non-hydrogen) atoms. The number of hydrogen-bond donors (Lipinski definition) is 1. The van der Waals surface area contributed by atoms with Crippen molar-refractivity contribution in [2.24, 2.45) is 5.92 Å². The van der Waals surface area contributed by atoms with E-state index in [1.165, 1.54) is 16.7 Å². The van der Waals surface area contributed by atoms with E-state index in [9.17, 15) is 5.11 Å². The van der Waals surface area contributed by atoms with Crippen LogP contribution in [0, 0.1) is 5.92 Å². The highest BCUT2D eigenvalue weighted by molar-refractivity contribution is 5.58. The van der Waals surface area contributed by atoms with Crippen LogP contribution in [0.25, 0.3) is 0 Å². The molecule has 0 saturated heterocycles. The number of rotatable bonds is 3. The largest absolute Gasteiger partial charge is 0.493 e. The van der Waals surface area contributed by atoms with Crippen molar-refractivity contribution in [3.05, 3.63) is 22.8 Å². The fourth-order valence-corrected chi connectivity index (χ4v) is 3.05. The summed E-state index contributed by atoms with van der Waals surface area (Å²) in [6, 6.07) is 2.13. The first kappa shape index (κ1) is 11.8. The summed E-state index contributed by atoms with van der Waals surface area (Å²) >= 11 is 0. The topological polar surface area (TPSA) is 38.7 Å². The Bertz CT molecular complexity index is 433. The molecule has 1 aromatic carbocycles. The highest BCUT2D eigenvalue weighted by Gasteiger charge is 2.31. The van der Waals surface area contributed by atoms with Gasteiger partial charge in [-0.25, -0.2) is 0 Å². The van der Waals surface area contributed by atoms with Crippen LogP contribution in [-0.4, -0.2) is 24.9 Å². The second-order valence-electron chi connectivity index (χ2n) is 5.49. The first-order valence-corrected chi connectivity index (χ1v) is 6.77. The third-order valence-corrected chi connectivity index (χ3v) is 4.06. The molecule has 0 amide bonds. The smallest absolute Gasteiger partial charge is 0.126 e. The van der Waals surface area contributed by atoms with Gasteiger partial charge in [-0.05, 0) is 12.0 Å². The maximum atomic E-state index is 9.72. The van der Waals surface area contributed by atoms with Crippen molar-refractivity contribution in [1.29, 1.82) is 0 Å². The van der Waals surface area contributed by atoms with Crippen LogP contribution in [-0.2, 0) is 12.8 Å². The lowest BCUT2D eigenvalue weighted by molar-refractivity contribution is 0.232. The van der Waals surface area contributed by atoms with Gasteiger partial charge in [-0.15, -0.1) is 0 Å². The molecule has 0 radical (unpaired) electrons. The van der Waals surface area contributed by atoms with Gasteiger partial charge in [0.15, 0.2) is 0 Å². The van der Waals surface area contributed by atoms with Gasteiger partial charge >= 0.3 is 0 Å². The Kier molecular flexibility index (Phi) is 2.94. The Morgan fingerprint density at radius 2 is 2.00 bits per heavy atom. The number of benzene rings is 1. The standard InChI is InChI=1S/C15H20O3/c1-9(2)12(8-16)14-11-4-6-17-13(11)7-10-3-5-18-15(10)14/h7,9,12,16H,3-6,8H2,1-2H3. The van der Waals surface area contributed by atoms with Gasteiger partial charge in [0, 0.05) is 35.4 Å². The predicted molar refractivity (Wildman–Crippen MR) is 69.5 cm³/mol. The molecule has 1 atom stereocenters. The predicted octanol–water partition coefficient (Wildman–Crippen LogP) is 2.29. The lowest BCUT2D eigenvalue weighted by atomic mass is 9.83. The molecule has 98 valence electrons. The van der Waals surface area contributed by atoms with Crippen LogP contribution in [0.5, 0.6) is 11.5 Å². The summed E-state index contributed by atoms with van der Waals surface area (Å²) in [5, 5.41) is 9.72.